The highest BCUT2D eigenvalue weighted by Crippen LogP contribution is 2.06. The zero-order chi connectivity index (χ0) is 11.3. The number of hydrogen-bond donors (Lipinski definition) is 1. The normalized spacial score (nSPS) is 10.9. The molecule has 0 radical (unpaired) electrons. The van der Waals surface area contributed by atoms with Gasteiger partial charge in [-0.05, 0) is 11.6 Å². The molecule has 5 nitrogen and oxygen atoms in total. The third-order valence-corrected chi connectivity index (χ3v) is 1.99. The van der Waals surface area contributed by atoms with E-state index < -0.39 is 0 Å². The largest absolute Gasteiger partial charge is 0.369 e. The van der Waals surface area contributed by atoms with Crippen molar-refractivity contribution in [2.45, 2.75) is 6.54 Å². The minimum absolute atomic E-state index is 0.174. The number of nitrogens with two attached hydrogens (primary N) is 1. The lowest BCUT2D eigenvalue weighted by Crippen LogP contribution is -2.33. The van der Waals surface area contributed by atoms with Gasteiger partial charge >= 0.3 is 0 Å². The fraction of sp³-hybridized carbons (Fsp3) is 0.222. The van der Waals surface area contributed by atoms with E-state index in [2.05, 4.69) is 9.98 Å². The Balaban J connectivity index is 2.67. The number of halogens is 1. The van der Waals surface area contributed by atoms with E-state index in [1.54, 1.807) is 30.4 Å². The third-order valence-electron chi connectivity index (χ3n) is 1.76. The second kappa shape index (κ2) is 5.17. The molecular weight excluding hydrogens is 214 g/mol. The summed E-state index contributed by atoms with van der Waals surface area (Å²) in [6.07, 6.45) is 3.28. The highest BCUT2D eigenvalue weighted by Gasteiger charge is 2.03. The molecule has 0 aromatic carbocycles. The van der Waals surface area contributed by atoms with Crippen molar-refractivity contribution in [3.05, 3.63) is 29.0 Å². The molecule has 0 aliphatic carbocycles. The Hall–Kier alpha value is -1.80. The predicted octanol–water partition coefficient (Wildman–Crippen LogP) is 0.963. The van der Waals surface area contributed by atoms with E-state index in [-0.39, 0.29) is 5.96 Å². The van der Waals surface area contributed by atoms with Crippen molar-refractivity contribution in [1.29, 1.82) is 5.26 Å². The molecule has 0 amide bonds. The smallest absolute Gasteiger partial charge is 0.209 e. The van der Waals surface area contributed by atoms with Crippen LogP contribution in [0.25, 0.3) is 0 Å². The molecule has 0 saturated heterocycles. The van der Waals surface area contributed by atoms with Crippen LogP contribution in [0.15, 0.2) is 23.3 Å². The van der Waals surface area contributed by atoms with E-state index in [0.717, 1.165) is 5.56 Å². The summed E-state index contributed by atoms with van der Waals surface area (Å²) in [7, 11) is 1.74. The number of rotatable bonds is 2. The molecule has 0 spiro atoms. The first-order valence-corrected chi connectivity index (χ1v) is 4.55. The molecule has 0 saturated carbocycles. The maximum Gasteiger partial charge on any atom is 0.209 e. The standard InChI is InChI=1S/C9H10ClN5/c1-15(9(12)14-6-11)5-7-2-3-8(10)13-4-7/h2-4H,5H2,1H3,(H2,12,14). The Morgan fingerprint density at radius 2 is 2.47 bits per heavy atom. The van der Waals surface area contributed by atoms with Crippen molar-refractivity contribution in [2.24, 2.45) is 10.7 Å². The minimum atomic E-state index is 0.174. The zero-order valence-electron chi connectivity index (χ0n) is 8.18. The molecule has 6 heteroatoms. The quantitative estimate of drug-likeness (QED) is 0.351. The first kappa shape index (κ1) is 11.3. The summed E-state index contributed by atoms with van der Waals surface area (Å²) in [4.78, 5) is 9.00. The Morgan fingerprint density at radius 1 is 1.73 bits per heavy atom. The maximum atomic E-state index is 8.31. The van der Waals surface area contributed by atoms with Crippen LogP contribution in [0.2, 0.25) is 5.15 Å². The molecule has 0 aliphatic heterocycles. The molecule has 1 aromatic heterocycles. The number of aliphatic imine (C=N–C) groups is 1. The summed E-state index contributed by atoms with van der Waals surface area (Å²) < 4.78 is 0. The Kier molecular flexibility index (Phi) is 3.89. The van der Waals surface area contributed by atoms with Gasteiger partial charge in [0, 0.05) is 19.8 Å². The minimum Gasteiger partial charge on any atom is -0.369 e. The summed E-state index contributed by atoms with van der Waals surface area (Å²) in [5.74, 6) is 0.174. The Bertz CT molecular complexity index is 392. The van der Waals surface area contributed by atoms with E-state index in [4.69, 9.17) is 22.6 Å². The average molecular weight is 224 g/mol. The number of nitrogens with zero attached hydrogens (tertiary/aromatic N) is 4. The Morgan fingerprint density at radius 3 is 3.00 bits per heavy atom. The highest BCUT2D eigenvalue weighted by atomic mass is 35.5. The van der Waals surface area contributed by atoms with Gasteiger partial charge in [-0.1, -0.05) is 17.7 Å². The summed E-state index contributed by atoms with van der Waals surface area (Å²) in [5, 5.41) is 8.76. The van der Waals surface area contributed by atoms with E-state index in [9.17, 15) is 0 Å². The second-order valence-corrected chi connectivity index (χ2v) is 3.30. The van der Waals surface area contributed by atoms with Gasteiger partial charge in [0.25, 0.3) is 0 Å². The molecule has 1 rings (SSSR count). The molecule has 1 aromatic rings. The summed E-state index contributed by atoms with van der Waals surface area (Å²) >= 11 is 5.64. The van der Waals surface area contributed by atoms with Crippen LogP contribution in [0.4, 0.5) is 0 Å². The van der Waals surface area contributed by atoms with Crippen LogP contribution in [0.3, 0.4) is 0 Å². The monoisotopic (exact) mass is 223 g/mol. The molecule has 1 heterocycles. The Labute approximate surface area is 92.8 Å². The molecule has 0 aliphatic rings. The molecule has 2 N–H and O–H groups in total. The van der Waals surface area contributed by atoms with Crippen LogP contribution in [0.5, 0.6) is 0 Å². The van der Waals surface area contributed by atoms with Crippen LogP contribution in [0, 0.1) is 11.5 Å². The predicted molar refractivity (Wildman–Crippen MR) is 57.9 cm³/mol. The molecule has 0 bridgehead atoms. The zero-order valence-corrected chi connectivity index (χ0v) is 8.94. The topological polar surface area (TPSA) is 78.3 Å². The van der Waals surface area contributed by atoms with Gasteiger partial charge in [0.2, 0.25) is 12.2 Å². The lowest BCUT2D eigenvalue weighted by molar-refractivity contribution is 0.494. The van der Waals surface area contributed by atoms with Crippen LogP contribution < -0.4 is 5.73 Å². The fourth-order valence-corrected chi connectivity index (χ4v) is 1.10. The van der Waals surface area contributed by atoms with Crippen molar-refractivity contribution >= 4 is 17.6 Å². The van der Waals surface area contributed by atoms with Gasteiger partial charge in [-0.2, -0.15) is 5.26 Å². The number of aromatic nitrogens is 1. The number of hydrogen-bond acceptors (Lipinski definition) is 3. The molecule has 15 heavy (non-hydrogen) atoms. The molecule has 78 valence electrons. The van der Waals surface area contributed by atoms with Gasteiger partial charge < -0.3 is 10.6 Å². The van der Waals surface area contributed by atoms with Crippen molar-refractivity contribution in [1.82, 2.24) is 9.88 Å². The lowest BCUT2D eigenvalue weighted by atomic mass is 10.3. The van der Waals surface area contributed by atoms with Crippen LogP contribution >= 0.6 is 11.6 Å². The highest BCUT2D eigenvalue weighted by molar-refractivity contribution is 6.29. The van der Waals surface area contributed by atoms with Crippen LogP contribution in [0.1, 0.15) is 5.56 Å². The van der Waals surface area contributed by atoms with Gasteiger partial charge in [0.1, 0.15) is 5.15 Å². The van der Waals surface area contributed by atoms with E-state index in [1.807, 2.05) is 6.07 Å². The van der Waals surface area contributed by atoms with Crippen molar-refractivity contribution in [3.8, 4) is 6.19 Å². The van der Waals surface area contributed by atoms with Crippen molar-refractivity contribution in [3.63, 3.8) is 0 Å². The molecule has 0 atom stereocenters. The summed E-state index contributed by atoms with van der Waals surface area (Å²) in [6, 6.07) is 3.54. The van der Waals surface area contributed by atoms with Gasteiger partial charge in [-0.3, -0.25) is 0 Å². The molecule has 0 unspecified atom stereocenters. The molecule has 0 fully saturated rings. The summed E-state index contributed by atoms with van der Waals surface area (Å²) in [6.45, 7) is 0.529. The third kappa shape index (κ3) is 3.44. The number of guanidine groups is 1. The maximum absolute atomic E-state index is 8.31. The van der Waals surface area contributed by atoms with Gasteiger partial charge in [-0.25, -0.2) is 4.98 Å². The van der Waals surface area contributed by atoms with E-state index in [0.29, 0.717) is 11.7 Å². The molecular formula is C9H10ClN5. The average Bonchev–Trinajstić information content (AvgIpc) is 2.22. The van der Waals surface area contributed by atoms with E-state index in [1.165, 1.54) is 0 Å². The SMILES string of the molecule is CN(Cc1ccc(Cl)nc1)C(N)=NC#N. The van der Waals surface area contributed by atoms with E-state index >= 15 is 0 Å². The first-order chi connectivity index (χ1) is 7.13. The fourth-order valence-electron chi connectivity index (χ4n) is 0.991. The second-order valence-electron chi connectivity index (χ2n) is 2.92. The number of pyridine rings is 1. The lowest BCUT2D eigenvalue weighted by Gasteiger charge is -2.16. The summed E-state index contributed by atoms with van der Waals surface area (Å²) in [5.41, 5.74) is 6.46. The van der Waals surface area contributed by atoms with Crippen molar-refractivity contribution in [2.75, 3.05) is 7.05 Å². The van der Waals surface area contributed by atoms with Gasteiger partial charge in [-0.15, -0.1) is 4.99 Å². The number of nitriles is 1. The van der Waals surface area contributed by atoms with Gasteiger partial charge in [0.15, 0.2) is 0 Å². The van der Waals surface area contributed by atoms with Crippen LogP contribution in [-0.4, -0.2) is 22.9 Å². The van der Waals surface area contributed by atoms with Crippen molar-refractivity contribution < 1.29 is 0 Å². The first-order valence-electron chi connectivity index (χ1n) is 4.17. The van der Waals surface area contributed by atoms with Gasteiger partial charge in [0.05, 0.1) is 0 Å². The van der Waals surface area contributed by atoms with Crippen LogP contribution in [-0.2, 0) is 6.54 Å².